The highest BCUT2D eigenvalue weighted by atomic mass is 17.6. The van der Waals surface area contributed by atoms with Crippen molar-refractivity contribution in [3.05, 3.63) is 0 Å². The van der Waals surface area contributed by atoms with Gasteiger partial charge in [-0.25, -0.2) is 10.1 Å². The SMILES string of the molecule is CCCCCCCCCCOOOO.O=C1CCC(=O)N1O. The second-order valence-corrected chi connectivity index (χ2v) is 5.04. The summed E-state index contributed by atoms with van der Waals surface area (Å²) < 4.78 is 0. The molecular formula is C14H27NO7. The van der Waals surface area contributed by atoms with E-state index in [2.05, 4.69) is 21.9 Å². The molecule has 0 bridgehead atoms. The lowest BCUT2D eigenvalue weighted by Gasteiger charge is -2.00. The molecule has 0 atom stereocenters. The van der Waals surface area contributed by atoms with Gasteiger partial charge in [0, 0.05) is 12.8 Å². The highest BCUT2D eigenvalue weighted by Gasteiger charge is 2.26. The van der Waals surface area contributed by atoms with Crippen LogP contribution >= 0.6 is 0 Å². The van der Waals surface area contributed by atoms with Crippen LogP contribution in [-0.2, 0) is 24.6 Å². The molecule has 2 amide bonds. The number of rotatable bonds is 11. The van der Waals surface area contributed by atoms with E-state index in [1.807, 2.05) is 0 Å². The van der Waals surface area contributed by atoms with E-state index in [0.717, 1.165) is 12.8 Å². The molecule has 1 saturated heterocycles. The van der Waals surface area contributed by atoms with Crippen LogP contribution < -0.4 is 0 Å². The Kier molecular flexibility index (Phi) is 14.1. The Morgan fingerprint density at radius 1 is 0.955 bits per heavy atom. The third-order valence-electron chi connectivity index (χ3n) is 3.18. The zero-order chi connectivity index (χ0) is 16.6. The van der Waals surface area contributed by atoms with E-state index in [9.17, 15) is 9.59 Å². The van der Waals surface area contributed by atoms with Crippen molar-refractivity contribution >= 4 is 11.8 Å². The van der Waals surface area contributed by atoms with E-state index in [-0.39, 0.29) is 17.9 Å². The summed E-state index contributed by atoms with van der Waals surface area (Å²) in [5.74, 6) is -1.01. The number of hydroxylamine groups is 2. The zero-order valence-corrected chi connectivity index (χ0v) is 13.2. The lowest BCUT2D eigenvalue weighted by Crippen LogP contribution is -2.24. The Labute approximate surface area is 130 Å². The standard InChI is InChI=1S/C10H22O4.C4H5NO3/c1-2-3-4-5-6-7-8-9-10-12-14-13-11;6-3-1-2-4(7)5(3)8/h11H,2-10H2,1H3;8H,1-2H2. The van der Waals surface area contributed by atoms with E-state index in [0.29, 0.717) is 6.61 Å². The van der Waals surface area contributed by atoms with Crippen molar-refractivity contribution in [1.82, 2.24) is 5.06 Å². The Balaban J connectivity index is 0.000000461. The van der Waals surface area contributed by atoms with E-state index >= 15 is 0 Å². The number of hydrogen-bond acceptors (Lipinski definition) is 7. The summed E-state index contributed by atoms with van der Waals surface area (Å²) in [4.78, 5) is 24.9. The molecule has 0 unspecified atom stereocenters. The maximum Gasteiger partial charge on any atom is 0.253 e. The van der Waals surface area contributed by atoms with Gasteiger partial charge >= 0.3 is 0 Å². The molecule has 0 aromatic heterocycles. The minimum absolute atomic E-state index is 0.148. The molecule has 1 heterocycles. The van der Waals surface area contributed by atoms with E-state index in [1.54, 1.807) is 0 Å². The van der Waals surface area contributed by atoms with Gasteiger partial charge in [0.05, 0.1) is 6.61 Å². The molecule has 1 aliphatic heterocycles. The summed E-state index contributed by atoms with van der Waals surface area (Å²) in [6.45, 7) is 2.69. The summed E-state index contributed by atoms with van der Waals surface area (Å²) in [6, 6.07) is 0. The summed E-state index contributed by atoms with van der Waals surface area (Å²) in [6.07, 6.45) is 10.3. The monoisotopic (exact) mass is 321 g/mol. The molecule has 22 heavy (non-hydrogen) atoms. The number of unbranched alkanes of at least 4 members (excludes halogenated alkanes) is 7. The third-order valence-corrected chi connectivity index (χ3v) is 3.18. The predicted octanol–water partition coefficient (Wildman–Crippen LogP) is 3.00. The minimum atomic E-state index is -0.505. The van der Waals surface area contributed by atoms with Crippen molar-refractivity contribution in [3.63, 3.8) is 0 Å². The van der Waals surface area contributed by atoms with E-state index in [4.69, 9.17) is 10.5 Å². The molecule has 8 nitrogen and oxygen atoms in total. The van der Waals surface area contributed by atoms with Crippen molar-refractivity contribution in [2.75, 3.05) is 6.61 Å². The van der Waals surface area contributed by atoms with Crippen molar-refractivity contribution in [2.24, 2.45) is 0 Å². The number of nitrogens with zero attached hydrogens (tertiary/aromatic N) is 1. The van der Waals surface area contributed by atoms with Crippen LogP contribution in [0.1, 0.15) is 71.1 Å². The summed E-state index contributed by atoms with van der Waals surface area (Å²) in [5.41, 5.74) is 0. The van der Waals surface area contributed by atoms with E-state index in [1.165, 1.54) is 38.5 Å². The first-order valence-electron chi connectivity index (χ1n) is 7.77. The maximum absolute atomic E-state index is 10.2. The van der Waals surface area contributed by atoms with Crippen LogP contribution in [-0.4, -0.2) is 33.9 Å². The van der Waals surface area contributed by atoms with Gasteiger partial charge in [0.1, 0.15) is 0 Å². The lowest BCUT2D eigenvalue weighted by atomic mass is 10.1. The first-order valence-corrected chi connectivity index (χ1v) is 7.77. The topological polar surface area (TPSA) is 106 Å². The number of amides is 2. The van der Waals surface area contributed by atoms with Crippen molar-refractivity contribution in [2.45, 2.75) is 71.1 Å². The average Bonchev–Trinajstić information content (AvgIpc) is 2.81. The largest absolute Gasteiger partial charge is 0.279 e. The van der Waals surface area contributed by atoms with Crippen molar-refractivity contribution in [1.29, 1.82) is 0 Å². The minimum Gasteiger partial charge on any atom is -0.279 e. The molecule has 1 fully saturated rings. The quantitative estimate of drug-likeness (QED) is 0.198. The van der Waals surface area contributed by atoms with Crippen LogP contribution in [0.5, 0.6) is 0 Å². The fourth-order valence-corrected chi connectivity index (χ4v) is 1.92. The Morgan fingerprint density at radius 2 is 1.45 bits per heavy atom. The number of carbonyl (C=O) groups is 2. The van der Waals surface area contributed by atoms with Gasteiger partial charge in [0.25, 0.3) is 11.8 Å². The molecule has 1 aliphatic rings. The highest BCUT2D eigenvalue weighted by molar-refractivity contribution is 6.00. The average molecular weight is 321 g/mol. The number of carbonyl (C=O) groups excluding carboxylic acids is 2. The van der Waals surface area contributed by atoms with Gasteiger partial charge in [-0.2, -0.15) is 5.06 Å². The summed E-state index contributed by atoms with van der Waals surface area (Å²) in [5, 5.41) is 23.4. The first kappa shape index (κ1) is 20.9. The predicted molar refractivity (Wildman–Crippen MR) is 76.2 cm³/mol. The number of hydrogen-bond donors (Lipinski definition) is 2. The van der Waals surface area contributed by atoms with Crippen molar-refractivity contribution in [3.8, 4) is 0 Å². The molecule has 130 valence electrons. The van der Waals surface area contributed by atoms with Gasteiger partial charge in [-0.15, -0.1) is 0 Å². The van der Waals surface area contributed by atoms with Gasteiger partial charge in [-0.3, -0.25) is 14.8 Å². The molecule has 0 aromatic carbocycles. The molecule has 0 radical (unpaired) electrons. The van der Waals surface area contributed by atoms with E-state index < -0.39 is 11.8 Å². The normalized spacial score (nSPS) is 14.2. The zero-order valence-electron chi connectivity index (χ0n) is 13.2. The van der Waals surface area contributed by atoms with Crippen LogP contribution in [0, 0.1) is 0 Å². The fourth-order valence-electron chi connectivity index (χ4n) is 1.92. The van der Waals surface area contributed by atoms with Gasteiger partial charge in [-0.1, -0.05) is 51.9 Å². The molecule has 0 saturated carbocycles. The maximum atomic E-state index is 10.2. The van der Waals surface area contributed by atoms with Crippen LogP contribution in [0.2, 0.25) is 0 Å². The molecule has 8 heteroatoms. The Hall–Kier alpha value is -1.06. The Bertz CT molecular complexity index is 271. The third kappa shape index (κ3) is 11.6. The first-order chi connectivity index (χ1) is 10.6. The second kappa shape index (κ2) is 14.9. The highest BCUT2D eigenvalue weighted by Crippen LogP contribution is 2.08. The van der Waals surface area contributed by atoms with Gasteiger partial charge in [-0.05, 0) is 16.5 Å². The van der Waals surface area contributed by atoms with Gasteiger partial charge < -0.3 is 0 Å². The van der Waals surface area contributed by atoms with Crippen LogP contribution in [0.4, 0.5) is 0 Å². The fraction of sp³-hybridized carbons (Fsp3) is 0.857. The van der Waals surface area contributed by atoms with Gasteiger partial charge in [0.15, 0.2) is 0 Å². The molecule has 1 rings (SSSR count). The molecule has 2 N–H and O–H groups in total. The Morgan fingerprint density at radius 3 is 1.86 bits per heavy atom. The molecular weight excluding hydrogens is 294 g/mol. The number of imide groups is 1. The summed E-state index contributed by atoms with van der Waals surface area (Å²) >= 11 is 0. The van der Waals surface area contributed by atoms with Crippen LogP contribution in [0.15, 0.2) is 0 Å². The summed E-state index contributed by atoms with van der Waals surface area (Å²) in [7, 11) is 0. The van der Waals surface area contributed by atoms with Crippen LogP contribution in [0.3, 0.4) is 0 Å². The molecule has 0 spiro atoms. The van der Waals surface area contributed by atoms with Crippen LogP contribution in [0.25, 0.3) is 0 Å². The second-order valence-electron chi connectivity index (χ2n) is 5.04. The lowest BCUT2D eigenvalue weighted by molar-refractivity contribution is -0.623. The molecule has 0 aliphatic carbocycles. The van der Waals surface area contributed by atoms with Crippen molar-refractivity contribution < 1.29 is 35.0 Å². The molecule has 0 aromatic rings. The van der Waals surface area contributed by atoms with Gasteiger partial charge in [0.2, 0.25) is 0 Å². The smallest absolute Gasteiger partial charge is 0.253 e.